The molecule has 0 unspecified atom stereocenters. The van der Waals surface area contributed by atoms with Gasteiger partial charge < -0.3 is 29.9 Å². The zero-order valence-corrected chi connectivity index (χ0v) is 27.2. The molecule has 230 valence electrons. The van der Waals surface area contributed by atoms with Gasteiger partial charge in [0.15, 0.2) is 11.5 Å². The standard InChI is InChI=1S/C32H43IN2O7/c1-18(2)10-28(38)35(16-20-6-7-22-15-23(20)32(22,3)4)25-13-21(31(40)34-8-9-36)14-26(29(25)39)42-30-24(33)11-19(17-37)12-27(30)41-5/h10-12,14,17,20,22-23,25-26,29,36,39H,6-9,13,15-16H2,1-5H3,(H,34,40)/t20-,22-,23-,25+,26-,29-/m0/s1. The van der Waals surface area contributed by atoms with Crippen LogP contribution < -0.4 is 14.8 Å². The van der Waals surface area contributed by atoms with Crippen molar-refractivity contribution < 1.29 is 34.1 Å². The highest BCUT2D eigenvalue weighted by atomic mass is 127. The predicted octanol–water partition coefficient (Wildman–Crippen LogP) is 3.89. The summed E-state index contributed by atoms with van der Waals surface area (Å²) in [5.74, 6) is 1.57. The Bertz CT molecular complexity index is 1250. The summed E-state index contributed by atoms with van der Waals surface area (Å²) >= 11 is 2.04. The van der Waals surface area contributed by atoms with E-state index in [2.05, 4.69) is 19.2 Å². The van der Waals surface area contributed by atoms with Gasteiger partial charge in [-0.25, -0.2) is 0 Å². The second kappa shape index (κ2) is 13.5. The van der Waals surface area contributed by atoms with E-state index in [1.54, 1.807) is 29.2 Å². The van der Waals surface area contributed by atoms with Crippen molar-refractivity contribution in [2.75, 3.05) is 26.8 Å². The molecule has 0 aliphatic heterocycles. The third-order valence-electron chi connectivity index (χ3n) is 9.38. The minimum Gasteiger partial charge on any atom is -0.493 e. The normalized spacial score (nSPS) is 27.6. The van der Waals surface area contributed by atoms with Crippen LogP contribution in [0, 0.1) is 26.7 Å². The molecular weight excluding hydrogens is 651 g/mol. The van der Waals surface area contributed by atoms with Crippen molar-refractivity contribution in [1.29, 1.82) is 0 Å². The molecule has 3 N–H and O–H groups in total. The average molecular weight is 695 g/mol. The first-order chi connectivity index (χ1) is 19.9. The number of fused-ring (bicyclic) bond motifs is 2. The van der Waals surface area contributed by atoms with Crippen LogP contribution in [0.1, 0.15) is 63.7 Å². The third kappa shape index (κ3) is 6.70. The summed E-state index contributed by atoms with van der Waals surface area (Å²) in [4.78, 5) is 40.1. The van der Waals surface area contributed by atoms with Crippen LogP contribution in [0.3, 0.4) is 0 Å². The van der Waals surface area contributed by atoms with Gasteiger partial charge in [0, 0.05) is 36.7 Å². The van der Waals surface area contributed by atoms with E-state index in [4.69, 9.17) is 9.47 Å². The largest absolute Gasteiger partial charge is 0.493 e. The van der Waals surface area contributed by atoms with Crippen LogP contribution >= 0.6 is 22.6 Å². The van der Waals surface area contributed by atoms with Gasteiger partial charge in [-0.05, 0) is 97.1 Å². The van der Waals surface area contributed by atoms with Crippen LogP contribution in [-0.4, -0.2) is 78.3 Å². The SMILES string of the molecule is COc1cc(C=O)cc(I)c1O[C@H]1C=C(C(=O)NCCO)C[C@@H](N(C[C@@H]2CC[C@H]3C[C@@H]2C3(C)C)C(=O)C=C(C)C)[C@@H]1O. The van der Waals surface area contributed by atoms with Crippen LogP contribution in [0.4, 0.5) is 0 Å². The fourth-order valence-electron chi connectivity index (χ4n) is 6.99. The van der Waals surface area contributed by atoms with Gasteiger partial charge in [0.1, 0.15) is 18.5 Å². The molecule has 42 heavy (non-hydrogen) atoms. The molecule has 9 nitrogen and oxygen atoms in total. The Morgan fingerprint density at radius 3 is 2.57 bits per heavy atom. The lowest BCUT2D eigenvalue weighted by Gasteiger charge is -2.61. The average Bonchev–Trinajstić information content (AvgIpc) is 2.95. The van der Waals surface area contributed by atoms with Gasteiger partial charge in [-0.15, -0.1) is 0 Å². The Labute approximate surface area is 261 Å². The van der Waals surface area contributed by atoms with Crippen LogP contribution in [-0.2, 0) is 9.59 Å². The lowest BCUT2D eigenvalue weighted by atomic mass is 9.45. The molecule has 2 bridgehead atoms. The molecule has 4 aliphatic carbocycles. The summed E-state index contributed by atoms with van der Waals surface area (Å²) in [5, 5.41) is 23.8. The molecule has 1 aromatic rings. The molecule has 2 amide bonds. The molecule has 0 heterocycles. The van der Waals surface area contributed by atoms with Crippen LogP contribution in [0.25, 0.3) is 0 Å². The topological polar surface area (TPSA) is 125 Å². The predicted molar refractivity (Wildman–Crippen MR) is 167 cm³/mol. The zero-order chi connectivity index (χ0) is 30.8. The van der Waals surface area contributed by atoms with Gasteiger partial charge in [0.25, 0.3) is 0 Å². The summed E-state index contributed by atoms with van der Waals surface area (Å²) in [7, 11) is 1.47. The van der Waals surface area contributed by atoms with E-state index in [-0.39, 0.29) is 36.8 Å². The molecule has 0 spiro atoms. The number of nitrogens with zero attached hydrogens (tertiary/aromatic N) is 1. The summed E-state index contributed by atoms with van der Waals surface area (Å²) in [6.45, 7) is 8.71. The number of hydrogen-bond acceptors (Lipinski definition) is 7. The fourth-order valence-corrected chi connectivity index (χ4v) is 7.74. The summed E-state index contributed by atoms with van der Waals surface area (Å²) in [5.41, 5.74) is 1.85. The second-order valence-corrected chi connectivity index (χ2v) is 13.7. The molecule has 10 heteroatoms. The van der Waals surface area contributed by atoms with Gasteiger partial charge in [0.2, 0.25) is 11.8 Å². The molecule has 0 aromatic heterocycles. The van der Waals surface area contributed by atoms with Crippen LogP contribution in [0.15, 0.2) is 35.4 Å². The number of halogens is 1. The van der Waals surface area contributed by atoms with E-state index in [1.165, 1.54) is 7.11 Å². The molecule has 0 saturated heterocycles. The summed E-state index contributed by atoms with van der Waals surface area (Å²) in [6.07, 6.45) is 5.21. The highest BCUT2D eigenvalue weighted by molar-refractivity contribution is 14.1. The number of aliphatic hydroxyl groups excluding tert-OH is 2. The monoisotopic (exact) mass is 694 g/mol. The maximum Gasteiger partial charge on any atom is 0.247 e. The Morgan fingerprint density at radius 2 is 1.98 bits per heavy atom. The zero-order valence-electron chi connectivity index (χ0n) is 25.1. The fraction of sp³-hybridized carbons (Fsp3) is 0.594. The highest BCUT2D eigenvalue weighted by Gasteiger charge is 2.55. The summed E-state index contributed by atoms with van der Waals surface area (Å²) in [6, 6.07) is 2.48. The lowest BCUT2D eigenvalue weighted by Crippen LogP contribution is -2.59. The Kier molecular flexibility index (Phi) is 10.4. The number of ether oxygens (including phenoxy) is 2. The number of rotatable bonds is 11. The first kappa shape index (κ1) is 32.5. The number of carbonyl (C=O) groups excluding carboxylic acids is 3. The number of amides is 2. The molecule has 3 fully saturated rings. The first-order valence-corrected chi connectivity index (χ1v) is 15.7. The van der Waals surface area contributed by atoms with Crippen molar-refractivity contribution >= 4 is 40.7 Å². The third-order valence-corrected chi connectivity index (χ3v) is 10.2. The van der Waals surface area contributed by atoms with Crippen molar-refractivity contribution in [1.82, 2.24) is 10.2 Å². The van der Waals surface area contributed by atoms with Gasteiger partial charge >= 0.3 is 0 Å². The number of allylic oxidation sites excluding steroid dienone is 1. The maximum absolute atomic E-state index is 13.8. The number of carbonyl (C=O) groups is 3. The van der Waals surface area contributed by atoms with E-state index in [1.807, 2.05) is 36.4 Å². The Balaban J connectivity index is 1.71. The van der Waals surface area contributed by atoms with E-state index in [0.717, 1.165) is 24.8 Å². The number of methoxy groups -OCH3 is 1. The second-order valence-electron chi connectivity index (χ2n) is 12.6. The minimum absolute atomic E-state index is 0.0776. The molecule has 1 aromatic carbocycles. The van der Waals surface area contributed by atoms with Crippen LogP contribution in [0.5, 0.6) is 11.5 Å². The number of nitrogens with one attached hydrogen (secondary N) is 1. The number of aldehydes is 1. The number of benzene rings is 1. The molecule has 6 atom stereocenters. The van der Waals surface area contributed by atoms with Gasteiger partial charge in [-0.1, -0.05) is 19.4 Å². The van der Waals surface area contributed by atoms with E-state index in [9.17, 15) is 24.6 Å². The summed E-state index contributed by atoms with van der Waals surface area (Å²) < 4.78 is 12.4. The molecule has 4 aliphatic rings. The molecular formula is C32H43IN2O7. The van der Waals surface area contributed by atoms with E-state index < -0.39 is 18.2 Å². The lowest BCUT2D eigenvalue weighted by molar-refractivity contribution is -0.143. The molecule has 5 rings (SSSR count). The minimum atomic E-state index is -1.15. The molecule has 0 radical (unpaired) electrons. The maximum atomic E-state index is 13.8. The van der Waals surface area contributed by atoms with Crippen molar-refractivity contribution in [3.8, 4) is 11.5 Å². The first-order valence-electron chi connectivity index (χ1n) is 14.6. The van der Waals surface area contributed by atoms with Crippen LogP contribution in [0.2, 0.25) is 0 Å². The Morgan fingerprint density at radius 1 is 1.24 bits per heavy atom. The van der Waals surface area contributed by atoms with E-state index >= 15 is 0 Å². The van der Waals surface area contributed by atoms with Crippen molar-refractivity contribution in [3.05, 3.63) is 44.6 Å². The molecule has 3 saturated carbocycles. The smallest absolute Gasteiger partial charge is 0.247 e. The number of hydrogen-bond donors (Lipinski definition) is 3. The van der Waals surface area contributed by atoms with Gasteiger partial charge in [-0.3, -0.25) is 14.4 Å². The number of aliphatic hydroxyl groups is 2. The van der Waals surface area contributed by atoms with Crippen molar-refractivity contribution in [2.45, 2.75) is 71.6 Å². The van der Waals surface area contributed by atoms with Crippen molar-refractivity contribution in [3.63, 3.8) is 0 Å². The van der Waals surface area contributed by atoms with Crippen molar-refractivity contribution in [2.24, 2.45) is 23.2 Å². The van der Waals surface area contributed by atoms with Gasteiger partial charge in [0.05, 0.1) is 23.3 Å². The quantitative estimate of drug-likeness (QED) is 0.183. The highest BCUT2D eigenvalue weighted by Crippen LogP contribution is 2.61. The van der Waals surface area contributed by atoms with Gasteiger partial charge in [-0.2, -0.15) is 0 Å². The Hall–Kier alpha value is -2.44. The van der Waals surface area contributed by atoms with E-state index in [0.29, 0.717) is 56.8 Å².